The number of hydrogen-bond acceptors (Lipinski definition) is 8. The molecule has 192 valence electrons. The van der Waals surface area contributed by atoms with Gasteiger partial charge in [0.15, 0.2) is 0 Å². The second-order valence-electron chi connectivity index (χ2n) is 8.19. The van der Waals surface area contributed by atoms with Crippen LogP contribution in [-0.4, -0.2) is 75.2 Å². The van der Waals surface area contributed by atoms with E-state index in [-0.39, 0.29) is 24.5 Å². The van der Waals surface area contributed by atoms with Crippen LogP contribution in [0.25, 0.3) is 0 Å². The fraction of sp³-hybridized carbons (Fsp3) is 0.667. The molecular weight excluding hydrogens is 462 g/mol. The minimum Gasteiger partial charge on any atom is -0.480 e. The zero-order valence-electron chi connectivity index (χ0n) is 19.6. The van der Waals surface area contributed by atoms with Gasteiger partial charge < -0.3 is 37.5 Å². The Balaban J connectivity index is 3.06. The molecule has 34 heavy (non-hydrogen) atoms. The molecule has 5 unspecified atom stereocenters. The van der Waals surface area contributed by atoms with Crippen LogP contribution < -0.4 is 27.4 Å². The fourth-order valence-electron chi connectivity index (χ4n) is 3.16. The molecule has 5 atom stereocenters. The lowest BCUT2D eigenvalue weighted by atomic mass is 9.98. The van der Waals surface area contributed by atoms with E-state index in [4.69, 9.17) is 11.5 Å². The molecule has 12 nitrogen and oxygen atoms in total. The number of rotatable bonds is 16. The third kappa shape index (κ3) is 9.69. The van der Waals surface area contributed by atoms with Gasteiger partial charge in [-0.25, -0.2) is 9.78 Å². The average Bonchev–Trinajstić information content (AvgIpc) is 3.33. The zero-order valence-corrected chi connectivity index (χ0v) is 20.5. The Labute approximate surface area is 204 Å². The Morgan fingerprint density at radius 2 is 1.76 bits per heavy atom. The highest BCUT2D eigenvalue weighted by Crippen LogP contribution is 2.10. The minimum absolute atomic E-state index is 0.0457. The van der Waals surface area contributed by atoms with E-state index in [0.29, 0.717) is 31.5 Å². The molecule has 3 amide bonds. The minimum atomic E-state index is -1.16. The van der Waals surface area contributed by atoms with Crippen molar-refractivity contribution in [3.05, 3.63) is 18.2 Å². The second-order valence-corrected chi connectivity index (χ2v) is 8.55. The van der Waals surface area contributed by atoms with Crippen LogP contribution >= 0.6 is 12.6 Å². The molecule has 0 spiro atoms. The van der Waals surface area contributed by atoms with Gasteiger partial charge in [0.05, 0.1) is 12.4 Å². The number of imidazole rings is 1. The molecule has 0 fully saturated rings. The molecule has 0 saturated heterocycles. The van der Waals surface area contributed by atoms with Gasteiger partial charge in [0.2, 0.25) is 17.7 Å². The van der Waals surface area contributed by atoms with E-state index in [2.05, 4.69) is 38.5 Å². The monoisotopic (exact) mass is 499 g/mol. The van der Waals surface area contributed by atoms with E-state index in [1.165, 1.54) is 12.5 Å². The van der Waals surface area contributed by atoms with Crippen LogP contribution in [0.4, 0.5) is 0 Å². The molecule has 9 N–H and O–H groups in total. The summed E-state index contributed by atoms with van der Waals surface area (Å²) in [6.07, 6.45) is 5.02. The first-order valence-corrected chi connectivity index (χ1v) is 11.9. The average molecular weight is 500 g/mol. The number of carboxylic acids is 1. The van der Waals surface area contributed by atoms with Gasteiger partial charge in [0.1, 0.15) is 18.1 Å². The fourth-order valence-corrected chi connectivity index (χ4v) is 3.32. The van der Waals surface area contributed by atoms with Crippen molar-refractivity contribution in [2.75, 3.05) is 12.3 Å². The van der Waals surface area contributed by atoms with Gasteiger partial charge in [0, 0.05) is 24.1 Å². The molecule has 13 heteroatoms. The summed E-state index contributed by atoms with van der Waals surface area (Å²) in [7, 11) is 0. The SMILES string of the molecule is CCC(C)C(NC(=O)C(Cc1cnc[nH]1)NC(=O)C(CCCCN)NC(=O)C(N)CS)C(=O)O. The summed E-state index contributed by atoms with van der Waals surface area (Å²) in [5.41, 5.74) is 11.8. The maximum Gasteiger partial charge on any atom is 0.326 e. The number of carbonyl (C=O) groups excluding carboxylic acids is 3. The van der Waals surface area contributed by atoms with Gasteiger partial charge in [-0.05, 0) is 31.7 Å². The summed E-state index contributed by atoms with van der Waals surface area (Å²) in [5, 5.41) is 17.3. The first kappa shape index (κ1) is 29.4. The highest BCUT2D eigenvalue weighted by atomic mass is 32.1. The summed E-state index contributed by atoms with van der Waals surface area (Å²) in [6.45, 7) is 3.96. The Morgan fingerprint density at radius 1 is 1.12 bits per heavy atom. The standard InChI is InChI=1S/C21H37N7O5S/c1-3-12(2)17(21(32)33)28-20(31)16(8-13-9-24-11-25-13)27-19(30)15(6-4-5-7-22)26-18(29)14(23)10-34/h9,11-12,14-17,34H,3-8,10,22-23H2,1-2H3,(H,24,25)(H,26,29)(H,27,30)(H,28,31)(H,32,33). The molecule has 0 saturated carbocycles. The predicted octanol–water partition coefficient (Wildman–Crippen LogP) is -1.08. The van der Waals surface area contributed by atoms with Crippen molar-refractivity contribution in [2.45, 2.75) is 70.1 Å². The third-order valence-electron chi connectivity index (χ3n) is 5.50. The van der Waals surface area contributed by atoms with E-state index < -0.39 is 47.9 Å². The van der Waals surface area contributed by atoms with Gasteiger partial charge in [-0.3, -0.25) is 14.4 Å². The van der Waals surface area contributed by atoms with Crippen molar-refractivity contribution < 1.29 is 24.3 Å². The number of unbranched alkanes of at least 4 members (excludes halogenated alkanes) is 1. The molecule has 1 aromatic rings. The lowest BCUT2D eigenvalue weighted by Gasteiger charge is -2.26. The summed E-state index contributed by atoms with van der Waals surface area (Å²) < 4.78 is 0. The maximum absolute atomic E-state index is 13.1. The second kappa shape index (κ2) is 15.3. The Morgan fingerprint density at radius 3 is 2.29 bits per heavy atom. The van der Waals surface area contributed by atoms with Crippen LogP contribution in [0.1, 0.15) is 45.2 Å². The largest absolute Gasteiger partial charge is 0.480 e. The maximum atomic E-state index is 13.1. The highest BCUT2D eigenvalue weighted by Gasteiger charge is 2.32. The van der Waals surface area contributed by atoms with E-state index in [0.717, 1.165) is 0 Å². The zero-order chi connectivity index (χ0) is 25.7. The third-order valence-corrected chi connectivity index (χ3v) is 5.90. The van der Waals surface area contributed by atoms with Gasteiger partial charge in [-0.2, -0.15) is 12.6 Å². The molecule has 0 bridgehead atoms. The number of nitrogens with two attached hydrogens (primary N) is 2. The van der Waals surface area contributed by atoms with E-state index in [1.54, 1.807) is 6.92 Å². The van der Waals surface area contributed by atoms with Crippen molar-refractivity contribution in [3.63, 3.8) is 0 Å². The van der Waals surface area contributed by atoms with Crippen LogP contribution in [0.2, 0.25) is 0 Å². The summed E-state index contributed by atoms with van der Waals surface area (Å²) >= 11 is 4.01. The van der Waals surface area contributed by atoms with Gasteiger partial charge in [-0.1, -0.05) is 20.3 Å². The lowest BCUT2D eigenvalue weighted by molar-refractivity contribution is -0.143. The number of thiol groups is 1. The van der Waals surface area contributed by atoms with Crippen LogP contribution in [0.3, 0.4) is 0 Å². The number of aromatic nitrogens is 2. The summed E-state index contributed by atoms with van der Waals surface area (Å²) in [4.78, 5) is 56.9. The number of H-pyrrole nitrogens is 1. The number of nitrogens with one attached hydrogen (secondary N) is 4. The molecule has 1 heterocycles. The Bertz CT molecular complexity index is 792. The molecule has 1 rings (SSSR count). The van der Waals surface area contributed by atoms with Crippen molar-refractivity contribution in [1.29, 1.82) is 0 Å². The number of aromatic amines is 1. The molecule has 0 aliphatic rings. The summed E-state index contributed by atoms with van der Waals surface area (Å²) in [6, 6.07) is -4.07. The Kier molecular flexibility index (Phi) is 13.2. The number of nitrogens with zero attached hydrogens (tertiary/aromatic N) is 1. The predicted molar refractivity (Wildman–Crippen MR) is 130 cm³/mol. The van der Waals surface area contributed by atoms with Crippen molar-refractivity contribution >= 4 is 36.3 Å². The molecule has 0 aromatic carbocycles. The van der Waals surface area contributed by atoms with Crippen LogP contribution in [-0.2, 0) is 25.6 Å². The van der Waals surface area contributed by atoms with Crippen LogP contribution in [0.5, 0.6) is 0 Å². The molecule has 0 aliphatic heterocycles. The summed E-state index contributed by atoms with van der Waals surface area (Å²) in [5.74, 6) is -3.18. The quantitative estimate of drug-likeness (QED) is 0.103. The van der Waals surface area contributed by atoms with E-state index in [9.17, 15) is 24.3 Å². The number of aliphatic carboxylic acids is 1. The first-order chi connectivity index (χ1) is 16.1. The lowest BCUT2D eigenvalue weighted by Crippen LogP contribution is -2.58. The van der Waals surface area contributed by atoms with Crippen LogP contribution in [0.15, 0.2) is 12.5 Å². The van der Waals surface area contributed by atoms with Crippen LogP contribution in [0, 0.1) is 5.92 Å². The highest BCUT2D eigenvalue weighted by molar-refractivity contribution is 7.80. The van der Waals surface area contributed by atoms with Crippen molar-refractivity contribution in [2.24, 2.45) is 17.4 Å². The molecule has 1 aromatic heterocycles. The van der Waals surface area contributed by atoms with Gasteiger partial charge in [0.25, 0.3) is 0 Å². The first-order valence-electron chi connectivity index (χ1n) is 11.3. The topological polar surface area (TPSA) is 205 Å². The normalized spacial score (nSPS) is 15.4. The number of hydrogen-bond donors (Lipinski definition) is 8. The number of carbonyl (C=O) groups is 4. The smallest absolute Gasteiger partial charge is 0.326 e. The van der Waals surface area contributed by atoms with Crippen molar-refractivity contribution in [1.82, 2.24) is 25.9 Å². The van der Waals surface area contributed by atoms with Crippen molar-refractivity contribution in [3.8, 4) is 0 Å². The van der Waals surface area contributed by atoms with E-state index in [1.807, 2.05) is 6.92 Å². The van der Waals surface area contributed by atoms with E-state index >= 15 is 0 Å². The number of amides is 3. The van der Waals surface area contributed by atoms with Gasteiger partial charge >= 0.3 is 5.97 Å². The van der Waals surface area contributed by atoms with Gasteiger partial charge in [-0.15, -0.1) is 0 Å². The molecular formula is C21H37N7O5S. The molecule has 0 aliphatic carbocycles. The number of carboxylic acid groups (broad SMARTS) is 1. The molecule has 0 radical (unpaired) electrons. The Hall–Kier alpha value is -2.64.